The maximum atomic E-state index is 12.4. The molecule has 1 aliphatic rings. The molecule has 1 fully saturated rings. The van der Waals surface area contributed by atoms with Gasteiger partial charge in [0, 0.05) is 36.0 Å². The van der Waals surface area contributed by atoms with Crippen molar-refractivity contribution in [1.82, 2.24) is 5.32 Å². The quantitative estimate of drug-likeness (QED) is 0.703. The number of nitrogens with zero attached hydrogens (tertiary/aromatic N) is 1. The summed E-state index contributed by atoms with van der Waals surface area (Å²) in [5.41, 5.74) is 2.87. The van der Waals surface area contributed by atoms with Crippen LogP contribution in [0.3, 0.4) is 0 Å². The summed E-state index contributed by atoms with van der Waals surface area (Å²) in [7, 11) is 0. The Hall–Kier alpha value is -2.53. The minimum absolute atomic E-state index is 0.0769. The number of amides is 2. The number of benzene rings is 2. The van der Waals surface area contributed by atoms with Gasteiger partial charge in [-0.05, 0) is 62.2 Å². The van der Waals surface area contributed by atoms with E-state index >= 15 is 0 Å². The molecule has 0 heterocycles. The van der Waals surface area contributed by atoms with Crippen molar-refractivity contribution >= 4 is 34.8 Å². The Morgan fingerprint density at radius 1 is 0.964 bits per heavy atom. The van der Waals surface area contributed by atoms with Gasteiger partial charge in [-0.25, -0.2) is 0 Å². The summed E-state index contributed by atoms with van der Waals surface area (Å²) in [4.78, 5) is 26.9. The van der Waals surface area contributed by atoms with Crippen molar-refractivity contribution < 1.29 is 9.59 Å². The second kappa shape index (κ2) is 9.11. The highest BCUT2D eigenvalue weighted by Gasteiger charge is 2.47. The van der Waals surface area contributed by atoms with Crippen LogP contribution in [-0.4, -0.2) is 24.9 Å². The highest BCUT2D eigenvalue weighted by molar-refractivity contribution is 6.30. The topological polar surface area (TPSA) is 61.4 Å². The molecule has 0 aromatic heterocycles. The zero-order chi connectivity index (χ0) is 20.1. The van der Waals surface area contributed by atoms with Crippen LogP contribution in [0.15, 0.2) is 48.5 Å². The number of nitrogens with one attached hydrogen (secondary N) is 2. The van der Waals surface area contributed by atoms with Crippen molar-refractivity contribution in [2.75, 3.05) is 23.3 Å². The molecule has 1 aliphatic carbocycles. The Kier molecular flexibility index (Phi) is 6.57. The van der Waals surface area contributed by atoms with E-state index in [1.807, 2.05) is 36.4 Å². The van der Waals surface area contributed by atoms with Crippen LogP contribution < -0.4 is 15.5 Å². The van der Waals surface area contributed by atoms with E-state index in [4.69, 9.17) is 11.6 Å². The minimum atomic E-state index is -0.257. The summed E-state index contributed by atoms with van der Waals surface area (Å²) in [6, 6.07) is 15.2. The first-order valence-electron chi connectivity index (χ1n) is 9.69. The van der Waals surface area contributed by atoms with E-state index in [1.165, 1.54) is 0 Å². The first kappa shape index (κ1) is 20.2. The zero-order valence-corrected chi connectivity index (χ0v) is 17.0. The smallest absolute Gasteiger partial charge is 0.228 e. The third-order valence-corrected chi connectivity index (χ3v) is 5.36. The molecule has 0 radical (unpaired) electrons. The van der Waals surface area contributed by atoms with E-state index in [1.54, 1.807) is 12.1 Å². The predicted molar refractivity (Wildman–Crippen MR) is 114 cm³/mol. The van der Waals surface area contributed by atoms with Crippen molar-refractivity contribution in [1.29, 1.82) is 0 Å². The Morgan fingerprint density at radius 3 is 2.18 bits per heavy atom. The van der Waals surface area contributed by atoms with Gasteiger partial charge in [0.2, 0.25) is 11.8 Å². The van der Waals surface area contributed by atoms with Gasteiger partial charge in [-0.3, -0.25) is 9.59 Å². The van der Waals surface area contributed by atoms with Crippen LogP contribution in [0, 0.1) is 11.8 Å². The fourth-order valence-corrected chi connectivity index (χ4v) is 3.40. The Balaban J connectivity index is 1.47. The van der Waals surface area contributed by atoms with E-state index in [9.17, 15) is 9.59 Å². The summed E-state index contributed by atoms with van der Waals surface area (Å²) in [5.74, 6) is -0.677. The molecule has 0 bridgehead atoms. The maximum absolute atomic E-state index is 12.4. The second-order valence-electron chi connectivity index (χ2n) is 7.00. The van der Waals surface area contributed by atoms with Gasteiger partial charge in [0.15, 0.2) is 0 Å². The summed E-state index contributed by atoms with van der Waals surface area (Å²) < 4.78 is 0. The van der Waals surface area contributed by atoms with E-state index in [0.717, 1.165) is 30.0 Å². The monoisotopic (exact) mass is 399 g/mol. The number of anilines is 2. The van der Waals surface area contributed by atoms with Gasteiger partial charge in [0.1, 0.15) is 0 Å². The fraction of sp³-hybridized carbons (Fsp3) is 0.364. The number of hydrogen-bond acceptors (Lipinski definition) is 3. The number of carbonyl (C=O) groups excluding carboxylic acids is 2. The van der Waals surface area contributed by atoms with Crippen LogP contribution in [-0.2, 0) is 16.1 Å². The predicted octanol–water partition coefficient (Wildman–Crippen LogP) is 4.08. The molecule has 6 heteroatoms. The van der Waals surface area contributed by atoms with Crippen LogP contribution in [0.2, 0.25) is 5.02 Å². The van der Waals surface area contributed by atoms with Crippen molar-refractivity contribution in [3.05, 3.63) is 59.1 Å². The first-order valence-corrected chi connectivity index (χ1v) is 10.1. The SMILES string of the molecule is CCN(CC)c1ccc(NC(=O)C2CC2C(=O)NCc2ccc(Cl)cc2)cc1. The molecule has 0 aliphatic heterocycles. The molecule has 2 amide bonds. The van der Waals surface area contributed by atoms with E-state index < -0.39 is 0 Å². The van der Waals surface area contributed by atoms with Gasteiger partial charge in [0.25, 0.3) is 0 Å². The van der Waals surface area contributed by atoms with Crippen LogP contribution in [0.25, 0.3) is 0 Å². The lowest BCUT2D eigenvalue weighted by atomic mass is 10.2. The molecule has 148 valence electrons. The van der Waals surface area contributed by atoms with Gasteiger partial charge in [-0.15, -0.1) is 0 Å². The fourth-order valence-electron chi connectivity index (χ4n) is 3.28. The average Bonchev–Trinajstić information content (AvgIpc) is 3.51. The van der Waals surface area contributed by atoms with Gasteiger partial charge in [-0.2, -0.15) is 0 Å². The van der Waals surface area contributed by atoms with Crippen molar-refractivity contribution in [2.45, 2.75) is 26.8 Å². The van der Waals surface area contributed by atoms with E-state index in [0.29, 0.717) is 18.0 Å². The Morgan fingerprint density at radius 2 is 1.57 bits per heavy atom. The lowest BCUT2D eigenvalue weighted by Crippen LogP contribution is -2.27. The van der Waals surface area contributed by atoms with Gasteiger partial charge in [-0.1, -0.05) is 23.7 Å². The number of carbonyl (C=O) groups is 2. The molecule has 2 unspecified atom stereocenters. The third-order valence-electron chi connectivity index (χ3n) is 5.11. The largest absolute Gasteiger partial charge is 0.372 e. The summed E-state index contributed by atoms with van der Waals surface area (Å²) in [6.07, 6.45) is 0.593. The van der Waals surface area contributed by atoms with Crippen LogP contribution in [0.4, 0.5) is 11.4 Å². The van der Waals surface area contributed by atoms with Crippen LogP contribution in [0.1, 0.15) is 25.8 Å². The molecule has 0 spiro atoms. The maximum Gasteiger partial charge on any atom is 0.228 e. The lowest BCUT2D eigenvalue weighted by Gasteiger charge is -2.21. The molecule has 0 saturated heterocycles. The second-order valence-corrected chi connectivity index (χ2v) is 7.44. The zero-order valence-electron chi connectivity index (χ0n) is 16.2. The summed E-state index contributed by atoms with van der Waals surface area (Å²) >= 11 is 5.86. The highest BCUT2D eigenvalue weighted by atomic mass is 35.5. The molecule has 1 saturated carbocycles. The molecular weight excluding hydrogens is 374 g/mol. The standard InChI is InChI=1S/C22H26ClN3O2/c1-3-26(4-2)18-11-9-17(10-12-18)25-22(28)20-13-19(20)21(27)24-14-15-5-7-16(23)8-6-15/h5-12,19-20H,3-4,13-14H2,1-2H3,(H,24,27)(H,25,28). The first-order chi connectivity index (χ1) is 13.5. The van der Waals surface area contributed by atoms with E-state index in [-0.39, 0.29) is 23.7 Å². The summed E-state index contributed by atoms with van der Waals surface area (Å²) in [6.45, 7) is 6.55. The number of hydrogen-bond donors (Lipinski definition) is 2. The Bertz CT molecular complexity index is 817. The average molecular weight is 400 g/mol. The summed E-state index contributed by atoms with van der Waals surface area (Å²) in [5, 5.41) is 6.48. The minimum Gasteiger partial charge on any atom is -0.372 e. The molecule has 2 aromatic carbocycles. The molecule has 2 atom stereocenters. The van der Waals surface area contributed by atoms with Crippen LogP contribution >= 0.6 is 11.6 Å². The molecule has 28 heavy (non-hydrogen) atoms. The van der Waals surface area contributed by atoms with Crippen molar-refractivity contribution in [3.63, 3.8) is 0 Å². The van der Waals surface area contributed by atoms with Crippen LogP contribution in [0.5, 0.6) is 0 Å². The highest BCUT2D eigenvalue weighted by Crippen LogP contribution is 2.39. The number of rotatable bonds is 8. The normalized spacial score (nSPS) is 17.7. The molecule has 2 N–H and O–H groups in total. The molecule has 3 rings (SSSR count). The van der Waals surface area contributed by atoms with E-state index in [2.05, 4.69) is 29.4 Å². The number of halogens is 1. The van der Waals surface area contributed by atoms with Crippen molar-refractivity contribution in [2.24, 2.45) is 11.8 Å². The lowest BCUT2D eigenvalue weighted by molar-refractivity contribution is -0.125. The third kappa shape index (κ3) is 5.04. The Labute approximate surface area is 171 Å². The van der Waals surface area contributed by atoms with Gasteiger partial charge in [0.05, 0.1) is 11.8 Å². The van der Waals surface area contributed by atoms with Gasteiger partial charge < -0.3 is 15.5 Å². The molecule has 5 nitrogen and oxygen atoms in total. The van der Waals surface area contributed by atoms with Gasteiger partial charge >= 0.3 is 0 Å². The molecule has 2 aromatic rings. The molecular formula is C22H26ClN3O2. The van der Waals surface area contributed by atoms with Crippen molar-refractivity contribution in [3.8, 4) is 0 Å².